The number of fused-ring (bicyclic) bond motifs is 1. The zero-order chi connectivity index (χ0) is 27.2. The molecule has 11 heteroatoms. The molecule has 11 nitrogen and oxygen atoms in total. The fourth-order valence-corrected chi connectivity index (χ4v) is 4.55. The average Bonchev–Trinajstić information content (AvgIpc) is 3.38. The van der Waals surface area contributed by atoms with Crippen LogP contribution < -0.4 is 16.4 Å². The van der Waals surface area contributed by atoms with Gasteiger partial charge in [0.2, 0.25) is 11.9 Å². The third kappa shape index (κ3) is 8.34. The summed E-state index contributed by atoms with van der Waals surface area (Å²) in [7, 11) is 0. The Morgan fingerprint density at radius 1 is 1.30 bits per heavy atom. The number of likely N-dealkylation sites (N-methyl/N-ethyl adjacent to an activating group) is 1. The number of imidazole rings is 1. The van der Waals surface area contributed by atoms with Crippen molar-refractivity contribution >= 4 is 35.0 Å². The molecule has 2 aromatic rings. The van der Waals surface area contributed by atoms with Crippen LogP contribution in [0.15, 0.2) is 18.2 Å². The number of aromatic nitrogens is 2. The van der Waals surface area contributed by atoms with Crippen LogP contribution >= 0.6 is 0 Å². The van der Waals surface area contributed by atoms with Crippen molar-refractivity contribution in [2.24, 2.45) is 0 Å². The van der Waals surface area contributed by atoms with E-state index in [0.717, 1.165) is 37.1 Å². The normalized spacial score (nSPS) is 17.0. The SMILES string of the molecule is CCN1CC[C@@H](NC(=O)[C@H](CCCn2c(N)nc3cc(CCC(=O)O)ccc32)NC(=O)OC(C)(C)C)C1. The second-order valence-corrected chi connectivity index (χ2v) is 10.6. The maximum absolute atomic E-state index is 13.1. The molecule has 37 heavy (non-hydrogen) atoms. The molecule has 0 bridgehead atoms. The average molecular weight is 517 g/mol. The number of hydrogen-bond donors (Lipinski definition) is 4. The number of anilines is 1. The number of amides is 2. The Morgan fingerprint density at radius 3 is 2.70 bits per heavy atom. The lowest BCUT2D eigenvalue weighted by Crippen LogP contribution is -2.51. The van der Waals surface area contributed by atoms with Crippen LogP contribution in [0.2, 0.25) is 0 Å². The van der Waals surface area contributed by atoms with Gasteiger partial charge in [0.05, 0.1) is 11.0 Å². The van der Waals surface area contributed by atoms with Crippen LogP contribution in [0.4, 0.5) is 10.7 Å². The minimum absolute atomic E-state index is 0.0487. The number of nitrogens with zero attached hydrogens (tertiary/aromatic N) is 3. The molecule has 1 aliphatic heterocycles. The molecule has 2 heterocycles. The van der Waals surface area contributed by atoms with Crippen LogP contribution in [0.3, 0.4) is 0 Å². The number of carbonyl (C=O) groups excluding carboxylic acids is 2. The minimum atomic E-state index is -0.848. The fourth-order valence-electron chi connectivity index (χ4n) is 4.55. The van der Waals surface area contributed by atoms with Gasteiger partial charge in [-0.25, -0.2) is 9.78 Å². The highest BCUT2D eigenvalue weighted by Gasteiger charge is 2.28. The number of carboxylic acid groups (broad SMARTS) is 1. The lowest BCUT2D eigenvalue weighted by molar-refractivity contribution is -0.137. The Hall–Kier alpha value is -3.34. The number of aryl methyl sites for hydroxylation is 2. The first kappa shape index (κ1) is 28.2. The Kier molecular flexibility index (Phi) is 9.36. The van der Waals surface area contributed by atoms with Crippen LogP contribution in [-0.2, 0) is 27.3 Å². The quantitative estimate of drug-likeness (QED) is 0.356. The van der Waals surface area contributed by atoms with Gasteiger partial charge in [-0.2, -0.15) is 0 Å². The number of carbonyl (C=O) groups is 3. The van der Waals surface area contributed by atoms with Gasteiger partial charge in [-0.3, -0.25) is 9.59 Å². The molecule has 0 spiro atoms. The molecule has 2 amide bonds. The van der Waals surface area contributed by atoms with Crippen molar-refractivity contribution < 1.29 is 24.2 Å². The first-order valence-electron chi connectivity index (χ1n) is 12.9. The summed E-state index contributed by atoms with van der Waals surface area (Å²) in [5.74, 6) is -0.725. The van der Waals surface area contributed by atoms with Crippen LogP contribution in [0.1, 0.15) is 58.9 Å². The number of carboxylic acids is 1. The number of nitrogens with two attached hydrogens (primary N) is 1. The molecular weight excluding hydrogens is 476 g/mol. The Bertz CT molecular complexity index is 1110. The van der Waals surface area contributed by atoms with Crippen molar-refractivity contribution in [3.63, 3.8) is 0 Å². The predicted molar refractivity (Wildman–Crippen MR) is 141 cm³/mol. The number of aliphatic carboxylic acids is 1. The molecule has 1 aromatic heterocycles. The first-order chi connectivity index (χ1) is 17.4. The molecule has 0 unspecified atom stereocenters. The van der Waals surface area contributed by atoms with E-state index in [4.69, 9.17) is 15.6 Å². The number of hydrogen-bond acceptors (Lipinski definition) is 7. The Labute approximate surface area is 217 Å². The van der Waals surface area contributed by atoms with E-state index in [-0.39, 0.29) is 18.4 Å². The zero-order valence-corrected chi connectivity index (χ0v) is 22.2. The molecule has 0 saturated carbocycles. The van der Waals surface area contributed by atoms with Gasteiger partial charge >= 0.3 is 12.1 Å². The second kappa shape index (κ2) is 12.3. The predicted octanol–water partition coefficient (Wildman–Crippen LogP) is 2.52. The number of ether oxygens (including phenoxy) is 1. The third-order valence-electron chi connectivity index (χ3n) is 6.42. The summed E-state index contributed by atoms with van der Waals surface area (Å²) in [6.07, 6.45) is 1.68. The monoisotopic (exact) mass is 516 g/mol. The molecule has 1 fully saturated rings. The number of likely N-dealkylation sites (tertiary alicyclic amines) is 1. The zero-order valence-electron chi connectivity index (χ0n) is 22.2. The summed E-state index contributed by atoms with van der Waals surface area (Å²) in [4.78, 5) is 43.2. The van der Waals surface area contributed by atoms with E-state index in [2.05, 4.69) is 27.4 Å². The molecule has 0 radical (unpaired) electrons. The summed E-state index contributed by atoms with van der Waals surface area (Å²) in [5.41, 5.74) is 7.91. The Morgan fingerprint density at radius 2 is 2.05 bits per heavy atom. The van der Waals surface area contributed by atoms with Gasteiger partial charge in [-0.15, -0.1) is 0 Å². The van der Waals surface area contributed by atoms with Gasteiger partial charge in [0.1, 0.15) is 11.6 Å². The van der Waals surface area contributed by atoms with Crippen molar-refractivity contribution in [1.29, 1.82) is 0 Å². The molecule has 5 N–H and O–H groups in total. The van der Waals surface area contributed by atoms with E-state index in [1.54, 1.807) is 20.8 Å². The topological polar surface area (TPSA) is 152 Å². The number of alkyl carbamates (subject to hydrolysis) is 1. The smallest absolute Gasteiger partial charge is 0.408 e. The molecule has 1 saturated heterocycles. The molecular formula is C26H40N6O5. The van der Waals surface area contributed by atoms with Crippen LogP contribution in [0.5, 0.6) is 0 Å². The van der Waals surface area contributed by atoms with Crippen molar-refractivity contribution in [2.75, 3.05) is 25.4 Å². The molecule has 0 aliphatic carbocycles. The van der Waals surface area contributed by atoms with Crippen LogP contribution in [0.25, 0.3) is 11.0 Å². The largest absolute Gasteiger partial charge is 0.481 e. The summed E-state index contributed by atoms with van der Waals surface area (Å²) in [5, 5.41) is 14.8. The highest BCUT2D eigenvalue weighted by atomic mass is 16.6. The van der Waals surface area contributed by atoms with Crippen LogP contribution in [-0.4, -0.2) is 74.8 Å². The number of benzene rings is 1. The van der Waals surface area contributed by atoms with Crippen LogP contribution in [0, 0.1) is 0 Å². The standard InChI is InChI=1S/C26H40N6O5/c1-5-31-14-12-18(16-31)28-23(35)19(30-25(36)37-26(2,3)4)7-6-13-32-21-10-8-17(9-11-22(33)34)15-20(21)29-24(32)27/h8,10,15,18-19H,5-7,9,11-14,16H2,1-4H3,(H2,27,29)(H,28,35)(H,30,36)(H,33,34)/t18-,19+/m1/s1. The lowest BCUT2D eigenvalue weighted by atomic mass is 10.1. The summed E-state index contributed by atoms with van der Waals surface area (Å²) < 4.78 is 7.26. The maximum Gasteiger partial charge on any atom is 0.408 e. The molecule has 204 valence electrons. The molecule has 1 aliphatic rings. The third-order valence-corrected chi connectivity index (χ3v) is 6.42. The first-order valence-corrected chi connectivity index (χ1v) is 12.9. The van der Waals surface area contributed by atoms with Crippen molar-refractivity contribution in [2.45, 2.75) is 84.0 Å². The fraction of sp³-hybridized carbons (Fsp3) is 0.615. The lowest BCUT2D eigenvalue weighted by Gasteiger charge is -2.24. The molecule has 2 atom stereocenters. The van der Waals surface area contributed by atoms with Gasteiger partial charge in [0, 0.05) is 32.1 Å². The minimum Gasteiger partial charge on any atom is -0.481 e. The summed E-state index contributed by atoms with van der Waals surface area (Å²) in [6, 6.07) is 4.93. The highest BCUT2D eigenvalue weighted by molar-refractivity contribution is 5.86. The number of rotatable bonds is 11. The summed E-state index contributed by atoms with van der Waals surface area (Å²) in [6.45, 7) is 10.6. The summed E-state index contributed by atoms with van der Waals surface area (Å²) >= 11 is 0. The van der Waals surface area contributed by atoms with E-state index in [1.807, 2.05) is 22.8 Å². The van der Waals surface area contributed by atoms with Gasteiger partial charge in [0.25, 0.3) is 0 Å². The van der Waals surface area contributed by atoms with Crippen molar-refractivity contribution in [3.8, 4) is 0 Å². The van der Waals surface area contributed by atoms with Gasteiger partial charge in [-0.1, -0.05) is 13.0 Å². The van der Waals surface area contributed by atoms with Crippen molar-refractivity contribution in [3.05, 3.63) is 23.8 Å². The van der Waals surface area contributed by atoms with E-state index in [9.17, 15) is 14.4 Å². The van der Waals surface area contributed by atoms with Gasteiger partial charge in [-0.05, 0) is 70.7 Å². The maximum atomic E-state index is 13.1. The van der Waals surface area contributed by atoms with E-state index < -0.39 is 23.7 Å². The number of nitrogens with one attached hydrogen (secondary N) is 2. The Balaban J connectivity index is 1.65. The molecule has 1 aromatic carbocycles. The van der Waals surface area contributed by atoms with E-state index in [0.29, 0.717) is 37.3 Å². The number of nitrogen functional groups attached to an aromatic ring is 1. The molecule has 3 rings (SSSR count). The van der Waals surface area contributed by atoms with Gasteiger partial charge in [0.15, 0.2) is 0 Å². The highest BCUT2D eigenvalue weighted by Crippen LogP contribution is 2.21. The van der Waals surface area contributed by atoms with E-state index in [1.165, 1.54) is 0 Å². The van der Waals surface area contributed by atoms with E-state index >= 15 is 0 Å². The van der Waals surface area contributed by atoms with Crippen molar-refractivity contribution in [1.82, 2.24) is 25.1 Å². The van der Waals surface area contributed by atoms with Gasteiger partial charge < -0.3 is 35.7 Å². The second-order valence-electron chi connectivity index (χ2n) is 10.6.